The summed E-state index contributed by atoms with van der Waals surface area (Å²) in [7, 11) is 0. The molecule has 2 amide bonds. The van der Waals surface area contributed by atoms with Crippen molar-refractivity contribution in [2.75, 3.05) is 13.2 Å². The Bertz CT molecular complexity index is 331. The van der Waals surface area contributed by atoms with Crippen LogP contribution in [0.2, 0.25) is 0 Å². The van der Waals surface area contributed by atoms with E-state index in [1.807, 2.05) is 13.8 Å². The van der Waals surface area contributed by atoms with Crippen LogP contribution in [-0.2, 0) is 14.3 Å². The lowest BCUT2D eigenvalue weighted by Crippen LogP contribution is -2.66. The first kappa shape index (κ1) is 16.0. The smallest absolute Gasteiger partial charge is 0.246 e. The number of carbonyl (C=O) groups is 2. The average Bonchev–Trinajstić information content (AvgIpc) is 2.37. The molecule has 1 heterocycles. The van der Waals surface area contributed by atoms with Crippen LogP contribution in [-0.4, -0.2) is 48.1 Å². The van der Waals surface area contributed by atoms with Crippen molar-refractivity contribution in [1.29, 1.82) is 0 Å². The summed E-state index contributed by atoms with van der Waals surface area (Å²) in [6.07, 6.45) is 0.618. The van der Waals surface area contributed by atoms with Gasteiger partial charge in [-0.1, -0.05) is 20.8 Å². The van der Waals surface area contributed by atoms with Crippen LogP contribution in [0.5, 0.6) is 0 Å². The van der Waals surface area contributed by atoms with E-state index in [9.17, 15) is 9.59 Å². The Kier molecular flexibility index (Phi) is 5.79. The summed E-state index contributed by atoms with van der Waals surface area (Å²) in [5.74, 6) is 0.183. The van der Waals surface area contributed by atoms with Crippen molar-refractivity contribution in [1.82, 2.24) is 10.2 Å². The largest absolute Gasteiger partial charge is 0.380 e. The molecular weight excluding hydrogens is 244 g/mol. The lowest BCUT2D eigenvalue weighted by atomic mass is 9.97. The number of amides is 2. The van der Waals surface area contributed by atoms with Gasteiger partial charge in [0.05, 0.1) is 12.6 Å². The van der Waals surface area contributed by atoms with Gasteiger partial charge in [-0.05, 0) is 26.2 Å². The van der Waals surface area contributed by atoms with E-state index in [2.05, 4.69) is 19.2 Å². The van der Waals surface area contributed by atoms with Gasteiger partial charge in [0.25, 0.3) is 0 Å². The van der Waals surface area contributed by atoms with Crippen molar-refractivity contribution < 1.29 is 14.3 Å². The van der Waals surface area contributed by atoms with Gasteiger partial charge in [-0.15, -0.1) is 0 Å². The second-order valence-electron chi connectivity index (χ2n) is 5.36. The van der Waals surface area contributed by atoms with Crippen LogP contribution in [0.4, 0.5) is 0 Å². The first-order chi connectivity index (χ1) is 8.93. The molecule has 1 fully saturated rings. The minimum Gasteiger partial charge on any atom is -0.380 e. The molecule has 0 saturated carbocycles. The Morgan fingerprint density at radius 1 is 1.32 bits per heavy atom. The van der Waals surface area contributed by atoms with Gasteiger partial charge in [0.15, 0.2) is 0 Å². The summed E-state index contributed by atoms with van der Waals surface area (Å²) >= 11 is 0. The summed E-state index contributed by atoms with van der Waals surface area (Å²) < 4.78 is 5.49. The van der Waals surface area contributed by atoms with Crippen molar-refractivity contribution in [2.45, 2.75) is 59.2 Å². The van der Waals surface area contributed by atoms with E-state index >= 15 is 0 Å². The number of ether oxygens (including phenoxy) is 1. The number of nitrogens with one attached hydrogen (secondary N) is 1. The van der Waals surface area contributed by atoms with Crippen LogP contribution in [0.25, 0.3) is 0 Å². The fourth-order valence-corrected chi connectivity index (χ4v) is 2.41. The molecule has 5 nitrogen and oxygen atoms in total. The molecule has 1 saturated heterocycles. The van der Waals surface area contributed by atoms with Gasteiger partial charge < -0.3 is 15.0 Å². The third-order valence-corrected chi connectivity index (χ3v) is 3.69. The summed E-state index contributed by atoms with van der Waals surface area (Å²) in [5.41, 5.74) is 0. The molecule has 0 bridgehead atoms. The predicted molar refractivity (Wildman–Crippen MR) is 73.6 cm³/mol. The molecule has 3 atom stereocenters. The standard InChI is InChI=1S/C14H26N2O3/c1-6-11-14(18)16(10(5)13(17)15-11)12(9(3)4)8-19-7-2/h9-12H,6-8H2,1-5H3,(H,15,17). The zero-order valence-electron chi connectivity index (χ0n) is 12.6. The van der Waals surface area contributed by atoms with Crippen LogP contribution < -0.4 is 5.32 Å². The quantitative estimate of drug-likeness (QED) is 0.788. The third-order valence-electron chi connectivity index (χ3n) is 3.69. The Balaban J connectivity index is 2.95. The summed E-state index contributed by atoms with van der Waals surface area (Å²) in [5, 5.41) is 2.77. The first-order valence-corrected chi connectivity index (χ1v) is 7.14. The molecule has 0 spiro atoms. The molecular formula is C14H26N2O3. The van der Waals surface area contributed by atoms with E-state index in [0.29, 0.717) is 19.6 Å². The molecule has 0 aliphatic carbocycles. The zero-order chi connectivity index (χ0) is 14.6. The Labute approximate surface area is 115 Å². The Morgan fingerprint density at radius 2 is 1.95 bits per heavy atom. The predicted octanol–water partition coefficient (Wildman–Crippen LogP) is 1.17. The van der Waals surface area contributed by atoms with Crippen molar-refractivity contribution in [3.63, 3.8) is 0 Å². The van der Waals surface area contributed by atoms with Gasteiger partial charge in [-0.2, -0.15) is 0 Å². The van der Waals surface area contributed by atoms with E-state index in [1.54, 1.807) is 11.8 Å². The molecule has 0 aromatic rings. The van der Waals surface area contributed by atoms with Crippen LogP contribution in [0.1, 0.15) is 41.0 Å². The van der Waals surface area contributed by atoms with Crippen LogP contribution in [0.3, 0.4) is 0 Å². The van der Waals surface area contributed by atoms with Gasteiger partial charge in [0.1, 0.15) is 12.1 Å². The van der Waals surface area contributed by atoms with Gasteiger partial charge in [0.2, 0.25) is 11.8 Å². The number of hydrogen-bond donors (Lipinski definition) is 1. The van der Waals surface area contributed by atoms with Gasteiger partial charge >= 0.3 is 0 Å². The molecule has 1 rings (SSSR count). The molecule has 3 unspecified atom stereocenters. The highest BCUT2D eigenvalue weighted by atomic mass is 16.5. The van der Waals surface area contributed by atoms with Crippen molar-refractivity contribution in [3.05, 3.63) is 0 Å². The Morgan fingerprint density at radius 3 is 2.42 bits per heavy atom. The van der Waals surface area contributed by atoms with Crippen molar-refractivity contribution in [3.8, 4) is 0 Å². The average molecular weight is 270 g/mol. The maximum absolute atomic E-state index is 12.5. The van der Waals surface area contributed by atoms with E-state index in [4.69, 9.17) is 4.74 Å². The monoisotopic (exact) mass is 270 g/mol. The molecule has 1 N–H and O–H groups in total. The minimum atomic E-state index is -0.428. The van der Waals surface area contributed by atoms with E-state index in [-0.39, 0.29) is 23.8 Å². The molecule has 19 heavy (non-hydrogen) atoms. The highest BCUT2D eigenvalue weighted by molar-refractivity contribution is 5.96. The van der Waals surface area contributed by atoms with Crippen LogP contribution in [0.15, 0.2) is 0 Å². The Hall–Kier alpha value is -1.10. The normalized spacial score (nSPS) is 25.7. The number of hydrogen-bond acceptors (Lipinski definition) is 3. The first-order valence-electron chi connectivity index (χ1n) is 7.14. The van der Waals surface area contributed by atoms with Gasteiger partial charge in [-0.25, -0.2) is 0 Å². The highest BCUT2D eigenvalue weighted by Crippen LogP contribution is 2.20. The molecule has 0 radical (unpaired) electrons. The van der Waals surface area contributed by atoms with E-state index < -0.39 is 12.1 Å². The van der Waals surface area contributed by atoms with Crippen molar-refractivity contribution >= 4 is 11.8 Å². The number of rotatable bonds is 6. The molecule has 1 aliphatic rings. The van der Waals surface area contributed by atoms with Gasteiger partial charge in [0, 0.05) is 6.61 Å². The fraction of sp³-hybridized carbons (Fsp3) is 0.857. The van der Waals surface area contributed by atoms with E-state index in [1.165, 1.54) is 0 Å². The van der Waals surface area contributed by atoms with Crippen LogP contribution in [0, 0.1) is 5.92 Å². The fourth-order valence-electron chi connectivity index (χ4n) is 2.41. The topological polar surface area (TPSA) is 58.6 Å². The molecule has 110 valence electrons. The van der Waals surface area contributed by atoms with Crippen LogP contribution >= 0.6 is 0 Å². The lowest BCUT2D eigenvalue weighted by Gasteiger charge is -2.43. The lowest BCUT2D eigenvalue weighted by molar-refractivity contribution is -0.154. The summed E-state index contributed by atoms with van der Waals surface area (Å²) in [6.45, 7) is 10.8. The zero-order valence-corrected chi connectivity index (χ0v) is 12.6. The van der Waals surface area contributed by atoms with Gasteiger partial charge in [-0.3, -0.25) is 9.59 Å². The second-order valence-corrected chi connectivity index (χ2v) is 5.36. The van der Waals surface area contributed by atoms with E-state index in [0.717, 1.165) is 0 Å². The van der Waals surface area contributed by atoms with Crippen molar-refractivity contribution in [2.24, 2.45) is 5.92 Å². The third kappa shape index (κ3) is 3.47. The number of carbonyl (C=O) groups excluding carboxylic acids is 2. The second kappa shape index (κ2) is 6.89. The number of nitrogens with zero attached hydrogens (tertiary/aromatic N) is 1. The molecule has 5 heteroatoms. The number of piperazine rings is 1. The molecule has 0 aromatic heterocycles. The SMILES string of the molecule is CCOCC(C(C)C)N1C(=O)C(CC)NC(=O)C1C. The molecule has 0 aromatic carbocycles. The highest BCUT2D eigenvalue weighted by Gasteiger charge is 2.41. The summed E-state index contributed by atoms with van der Waals surface area (Å²) in [6, 6.07) is -0.878. The maximum Gasteiger partial charge on any atom is 0.246 e. The summed E-state index contributed by atoms with van der Waals surface area (Å²) in [4.78, 5) is 26.2. The maximum atomic E-state index is 12.5. The molecule has 1 aliphatic heterocycles. The minimum absolute atomic E-state index is 0.00741.